The summed E-state index contributed by atoms with van der Waals surface area (Å²) < 4.78 is 39.0. The van der Waals surface area contributed by atoms with Crippen LogP contribution in [0.1, 0.15) is 19.3 Å². The van der Waals surface area contributed by atoms with E-state index in [9.17, 15) is 18.0 Å². The number of amides is 1. The molecule has 1 saturated heterocycles. The normalized spacial score (nSPS) is 18.6. The molecule has 1 amide bonds. The maximum absolute atomic E-state index is 13.3. The number of hydrogen-bond donors (Lipinski definition) is 2. The maximum Gasteiger partial charge on any atom is 0.224 e. The minimum absolute atomic E-state index is 0.241. The first-order valence-electron chi connectivity index (χ1n) is 6.21. The molecular formula is C13H15F3N2O. The number of nitrogens with one attached hydrogen (secondary N) is 2. The van der Waals surface area contributed by atoms with Crippen molar-refractivity contribution in [2.24, 2.45) is 5.92 Å². The smallest absolute Gasteiger partial charge is 0.224 e. The van der Waals surface area contributed by atoms with Crippen LogP contribution >= 0.6 is 0 Å². The lowest BCUT2D eigenvalue weighted by Crippen LogP contribution is -2.16. The minimum Gasteiger partial charge on any atom is -0.324 e. The largest absolute Gasteiger partial charge is 0.324 e. The van der Waals surface area contributed by atoms with Crippen molar-refractivity contribution >= 4 is 11.6 Å². The van der Waals surface area contributed by atoms with Gasteiger partial charge in [-0.2, -0.15) is 0 Å². The second-order valence-electron chi connectivity index (χ2n) is 4.69. The molecule has 2 N–H and O–H groups in total. The molecule has 6 heteroatoms. The van der Waals surface area contributed by atoms with Gasteiger partial charge in [-0.15, -0.1) is 0 Å². The van der Waals surface area contributed by atoms with Crippen molar-refractivity contribution in [1.29, 1.82) is 0 Å². The van der Waals surface area contributed by atoms with Crippen molar-refractivity contribution in [2.75, 3.05) is 18.4 Å². The Bertz CT molecular complexity index is 473. The number of benzene rings is 1. The molecule has 0 bridgehead atoms. The molecule has 0 spiro atoms. The highest BCUT2D eigenvalue weighted by molar-refractivity contribution is 5.90. The van der Waals surface area contributed by atoms with Crippen LogP contribution in [0.3, 0.4) is 0 Å². The second kappa shape index (κ2) is 6.06. The van der Waals surface area contributed by atoms with Crippen LogP contribution in [0, 0.1) is 23.4 Å². The third kappa shape index (κ3) is 3.70. The Morgan fingerprint density at radius 1 is 1.26 bits per heavy atom. The van der Waals surface area contributed by atoms with Crippen molar-refractivity contribution in [3.63, 3.8) is 0 Å². The predicted octanol–water partition coefficient (Wildman–Crippen LogP) is 2.43. The Balaban J connectivity index is 1.89. The summed E-state index contributed by atoms with van der Waals surface area (Å²) in [6.45, 7) is 1.83. The van der Waals surface area contributed by atoms with Crippen molar-refractivity contribution in [1.82, 2.24) is 5.32 Å². The molecule has 1 atom stereocenters. The van der Waals surface area contributed by atoms with E-state index in [-0.39, 0.29) is 12.1 Å². The fourth-order valence-electron chi connectivity index (χ4n) is 2.13. The molecule has 0 saturated carbocycles. The maximum atomic E-state index is 13.3. The van der Waals surface area contributed by atoms with E-state index in [0.717, 1.165) is 19.5 Å². The highest BCUT2D eigenvalue weighted by atomic mass is 19.2. The van der Waals surface area contributed by atoms with Gasteiger partial charge in [0.25, 0.3) is 0 Å². The van der Waals surface area contributed by atoms with E-state index in [2.05, 4.69) is 10.6 Å². The van der Waals surface area contributed by atoms with Gasteiger partial charge in [0.2, 0.25) is 5.91 Å². The molecule has 1 aliphatic rings. The van der Waals surface area contributed by atoms with Crippen LogP contribution in [-0.2, 0) is 4.79 Å². The van der Waals surface area contributed by atoms with Crippen molar-refractivity contribution < 1.29 is 18.0 Å². The van der Waals surface area contributed by atoms with Crippen LogP contribution in [-0.4, -0.2) is 19.0 Å². The third-order valence-corrected chi connectivity index (χ3v) is 3.23. The average Bonchev–Trinajstić information content (AvgIpc) is 2.86. The summed E-state index contributed by atoms with van der Waals surface area (Å²) in [4.78, 5) is 11.6. The van der Waals surface area contributed by atoms with Gasteiger partial charge in [-0.25, -0.2) is 13.2 Å². The summed E-state index contributed by atoms with van der Waals surface area (Å²) >= 11 is 0. The van der Waals surface area contributed by atoms with E-state index in [4.69, 9.17) is 0 Å². The van der Waals surface area contributed by atoms with E-state index in [1.165, 1.54) is 0 Å². The Labute approximate surface area is 109 Å². The van der Waals surface area contributed by atoms with Crippen molar-refractivity contribution in [2.45, 2.75) is 19.3 Å². The van der Waals surface area contributed by atoms with Crippen LogP contribution in [0.2, 0.25) is 0 Å². The summed E-state index contributed by atoms with van der Waals surface area (Å²) in [5.74, 6) is -3.38. The standard InChI is InChI=1S/C13H15F3N2O/c14-9-5-11(16)12(6-10(9)15)18-13(19)2-1-8-3-4-17-7-8/h5-6,8,17H,1-4,7H2,(H,18,19). The van der Waals surface area contributed by atoms with Crippen LogP contribution < -0.4 is 10.6 Å². The van der Waals surface area contributed by atoms with Gasteiger partial charge < -0.3 is 10.6 Å². The predicted molar refractivity (Wildman–Crippen MR) is 65.2 cm³/mol. The molecule has 1 aromatic rings. The zero-order valence-electron chi connectivity index (χ0n) is 10.3. The third-order valence-electron chi connectivity index (χ3n) is 3.23. The summed E-state index contributed by atoms with van der Waals surface area (Å²) in [5, 5.41) is 5.45. The molecule has 0 aliphatic carbocycles. The van der Waals surface area contributed by atoms with Gasteiger partial charge in [0.05, 0.1) is 5.69 Å². The molecule has 1 aromatic carbocycles. The number of carbonyl (C=O) groups excluding carboxylic acids is 1. The number of hydrogen-bond acceptors (Lipinski definition) is 2. The fourth-order valence-corrected chi connectivity index (χ4v) is 2.13. The topological polar surface area (TPSA) is 41.1 Å². The molecule has 0 aromatic heterocycles. The average molecular weight is 272 g/mol. The summed E-state index contributed by atoms with van der Waals surface area (Å²) in [5.41, 5.74) is -0.326. The molecule has 2 rings (SSSR count). The van der Waals surface area contributed by atoms with E-state index >= 15 is 0 Å². The summed E-state index contributed by atoms with van der Waals surface area (Å²) in [6, 6.07) is 1.07. The van der Waals surface area contributed by atoms with Crippen molar-refractivity contribution in [3.8, 4) is 0 Å². The molecule has 1 unspecified atom stereocenters. The monoisotopic (exact) mass is 272 g/mol. The molecule has 1 aliphatic heterocycles. The molecule has 19 heavy (non-hydrogen) atoms. The Morgan fingerprint density at radius 3 is 2.68 bits per heavy atom. The number of anilines is 1. The lowest BCUT2D eigenvalue weighted by atomic mass is 10.0. The molecule has 3 nitrogen and oxygen atoms in total. The molecule has 104 valence electrons. The number of carbonyl (C=O) groups is 1. The second-order valence-corrected chi connectivity index (χ2v) is 4.69. The van der Waals surface area contributed by atoms with Gasteiger partial charge in [0.1, 0.15) is 5.82 Å². The van der Waals surface area contributed by atoms with Gasteiger partial charge in [-0.3, -0.25) is 4.79 Å². The van der Waals surface area contributed by atoms with Gasteiger partial charge in [0, 0.05) is 18.6 Å². The Hall–Kier alpha value is -1.56. The molecule has 1 heterocycles. The first kappa shape index (κ1) is 13.9. The van der Waals surface area contributed by atoms with Crippen LogP contribution in [0.5, 0.6) is 0 Å². The first-order valence-corrected chi connectivity index (χ1v) is 6.21. The van der Waals surface area contributed by atoms with Crippen LogP contribution in [0.4, 0.5) is 18.9 Å². The Morgan fingerprint density at radius 2 is 2.00 bits per heavy atom. The van der Waals surface area contributed by atoms with Gasteiger partial charge in [-0.05, 0) is 31.8 Å². The van der Waals surface area contributed by atoms with Gasteiger partial charge >= 0.3 is 0 Å². The first-order chi connectivity index (χ1) is 9.06. The van der Waals surface area contributed by atoms with Gasteiger partial charge in [0.15, 0.2) is 11.6 Å². The van der Waals surface area contributed by atoms with E-state index in [1.54, 1.807) is 0 Å². The highest BCUT2D eigenvalue weighted by Gasteiger charge is 2.17. The summed E-state index contributed by atoms with van der Waals surface area (Å²) in [6.07, 6.45) is 1.96. The SMILES string of the molecule is O=C(CCC1CCNC1)Nc1cc(F)c(F)cc1F. The lowest BCUT2D eigenvalue weighted by molar-refractivity contribution is -0.116. The van der Waals surface area contributed by atoms with Crippen LogP contribution in [0.15, 0.2) is 12.1 Å². The zero-order valence-corrected chi connectivity index (χ0v) is 10.3. The fraction of sp³-hybridized carbons (Fsp3) is 0.462. The van der Waals surface area contributed by atoms with Gasteiger partial charge in [-0.1, -0.05) is 0 Å². The zero-order chi connectivity index (χ0) is 13.8. The van der Waals surface area contributed by atoms with E-state index < -0.39 is 23.4 Å². The van der Waals surface area contributed by atoms with Crippen LogP contribution in [0.25, 0.3) is 0 Å². The van der Waals surface area contributed by atoms with Crippen molar-refractivity contribution in [3.05, 3.63) is 29.6 Å². The highest BCUT2D eigenvalue weighted by Crippen LogP contribution is 2.20. The minimum atomic E-state index is -1.27. The summed E-state index contributed by atoms with van der Waals surface area (Å²) in [7, 11) is 0. The molecule has 0 radical (unpaired) electrons. The number of halogens is 3. The molecule has 1 fully saturated rings. The Kier molecular flexibility index (Phi) is 4.42. The number of rotatable bonds is 4. The van der Waals surface area contributed by atoms with E-state index in [0.29, 0.717) is 24.5 Å². The molecular weight excluding hydrogens is 257 g/mol. The quantitative estimate of drug-likeness (QED) is 0.827. The van der Waals surface area contributed by atoms with E-state index in [1.807, 2.05) is 0 Å². The lowest BCUT2D eigenvalue weighted by Gasteiger charge is -2.09.